The summed E-state index contributed by atoms with van der Waals surface area (Å²) in [7, 11) is 0. The summed E-state index contributed by atoms with van der Waals surface area (Å²) in [6.45, 7) is 7.30. The summed E-state index contributed by atoms with van der Waals surface area (Å²) in [5.74, 6) is 2.31. The third-order valence-electron chi connectivity index (χ3n) is 3.68. The summed E-state index contributed by atoms with van der Waals surface area (Å²) < 4.78 is 0. The lowest BCUT2D eigenvalue weighted by molar-refractivity contribution is 0.208. The van der Waals surface area contributed by atoms with E-state index in [1.54, 1.807) is 6.33 Å². The molecule has 0 bridgehead atoms. The maximum absolute atomic E-state index is 9.32. The van der Waals surface area contributed by atoms with E-state index in [-0.39, 0.29) is 6.61 Å². The Hall–Kier alpha value is -1.36. The molecule has 2 N–H and O–H groups in total. The molecule has 2 rings (SSSR count). The molecule has 1 aromatic rings. The van der Waals surface area contributed by atoms with Crippen molar-refractivity contribution in [3.05, 3.63) is 11.9 Å². The first-order valence-electron chi connectivity index (χ1n) is 7.17. The molecule has 0 radical (unpaired) electrons. The third-order valence-corrected chi connectivity index (χ3v) is 3.68. The molecule has 5 nitrogen and oxygen atoms in total. The van der Waals surface area contributed by atoms with Crippen molar-refractivity contribution in [2.75, 3.05) is 36.5 Å². The van der Waals surface area contributed by atoms with Crippen LogP contribution in [-0.4, -0.2) is 41.3 Å². The van der Waals surface area contributed by atoms with Crippen LogP contribution in [-0.2, 0) is 0 Å². The molecule has 1 unspecified atom stereocenters. The molecule has 1 fully saturated rings. The molecule has 1 saturated heterocycles. The minimum absolute atomic E-state index is 0.265. The number of nitrogens with zero attached hydrogens (tertiary/aromatic N) is 3. The Balaban J connectivity index is 2.14. The van der Waals surface area contributed by atoms with Crippen molar-refractivity contribution in [3.8, 4) is 0 Å². The van der Waals surface area contributed by atoms with Crippen LogP contribution in [0.25, 0.3) is 0 Å². The summed E-state index contributed by atoms with van der Waals surface area (Å²) in [6, 6.07) is 0. The summed E-state index contributed by atoms with van der Waals surface area (Å²) in [6.07, 6.45) is 4.93. The summed E-state index contributed by atoms with van der Waals surface area (Å²) in [5.41, 5.74) is 1.11. The van der Waals surface area contributed by atoms with Crippen molar-refractivity contribution in [2.45, 2.75) is 33.1 Å². The van der Waals surface area contributed by atoms with Crippen LogP contribution in [0, 0.1) is 12.8 Å². The van der Waals surface area contributed by atoms with Gasteiger partial charge in [-0.15, -0.1) is 0 Å². The Morgan fingerprint density at radius 3 is 3.05 bits per heavy atom. The van der Waals surface area contributed by atoms with Gasteiger partial charge in [0.25, 0.3) is 0 Å². The average molecular weight is 264 g/mol. The van der Waals surface area contributed by atoms with Gasteiger partial charge in [0.2, 0.25) is 0 Å². The van der Waals surface area contributed by atoms with Gasteiger partial charge in [-0.3, -0.25) is 0 Å². The van der Waals surface area contributed by atoms with E-state index in [0.717, 1.165) is 56.1 Å². The molecule has 0 aliphatic carbocycles. The van der Waals surface area contributed by atoms with Gasteiger partial charge in [-0.25, -0.2) is 9.97 Å². The van der Waals surface area contributed by atoms with E-state index in [1.165, 1.54) is 0 Å². The van der Waals surface area contributed by atoms with Gasteiger partial charge < -0.3 is 15.3 Å². The van der Waals surface area contributed by atoms with Gasteiger partial charge >= 0.3 is 0 Å². The molecular formula is C14H24N4O. The minimum atomic E-state index is 0.265. The lowest BCUT2D eigenvalue weighted by Gasteiger charge is -2.33. The first-order chi connectivity index (χ1) is 9.26. The number of rotatable bonds is 5. The molecule has 0 aromatic carbocycles. The lowest BCUT2D eigenvalue weighted by atomic mass is 9.99. The molecule has 0 amide bonds. The van der Waals surface area contributed by atoms with E-state index < -0.39 is 0 Å². The van der Waals surface area contributed by atoms with Gasteiger partial charge in [0.05, 0.1) is 0 Å². The molecule has 0 spiro atoms. The normalized spacial score (nSPS) is 19.5. The Morgan fingerprint density at radius 2 is 2.32 bits per heavy atom. The van der Waals surface area contributed by atoms with Crippen molar-refractivity contribution in [3.63, 3.8) is 0 Å². The molecular weight excluding hydrogens is 240 g/mol. The SMILES string of the molecule is CCCNc1ncnc(N2CCCC(CO)C2)c1C. The van der Waals surface area contributed by atoms with E-state index in [1.807, 2.05) is 0 Å². The monoisotopic (exact) mass is 264 g/mol. The van der Waals surface area contributed by atoms with Crippen molar-refractivity contribution >= 4 is 11.6 Å². The number of aliphatic hydroxyl groups excluding tert-OH is 1. The fraction of sp³-hybridized carbons (Fsp3) is 0.714. The third kappa shape index (κ3) is 3.35. The molecule has 2 heterocycles. The minimum Gasteiger partial charge on any atom is -0.396 e. The summed E-state index contributed by atoms with van der Waals surface area (Å²) in [5, 5.41) is 12.7. The average Bonchev–Trinajstić information content (AvgIpc) is 2.46. The lowest BCUT2D eigenvalue weighted by Crippen LogP contribution is -2.37. The van der Waals surface area contributed by atoms with E-state index in [9.17, 15) is 5.11 Å². The van der Waals surface area contributed by atoms with Crippen LogP contribution < -0.4 is 10.2 Å². The first kappa shape index (κ1) is 14.1. The van der Waals surface area contributed by atoms with Crippen LogP contribution in [0.5, 0.6) is 0 Å². The highest BCUT2D eigenvalue weighted by molar-refractivity contribution is 5.58. The van der Waals surface area contributed by atoms with Gasteiger partial charge in [0.1, 0.15) is 18.0 Å². The number of aliphatic hydroxyl groups is 1. The number of hydrogen-bond donors (Lipinski definition) is 2. The zero-order valence-electron chi connectivity index (χ0n) is 11.9. The molecule has 1 aliphatic rings. The standard InChI is InChI=1S/C14H24N4O/c1-3-6-15-13-11(2)14(17-10-16-13)18-7-4-5-12(8-18)9-19/h10,12,19H,3-9H2,1-2H3,(H,15,16,17). The van der Waals surface area contributed by atoms with E-state index in [0.29, 0.717) is 5.92 Å². The number of aromatic nitrogens is 2. The maximum atomic E-state index is 9.32. The largest absolute Gasteiger partial charge is 0.396 e. The number of piperidine rings is 1. The van der Waals surface area contributed by atoms with Gasteiger partial charge in [0.15, 0.2) is 0 Å². The van der Waals surface area contributed by atoms with Crippen LogP contribution in [0.2, 0.25) is 0 Å². The molecule has 0 saturated carbocycles. The Morgan fingerprint density at radius 1 is 1.47 bits per heavy atom. The van der Waals surface area contributed by atoms with Crippen molar-refractivity contribution < 1.29 is 5.11 Å². The van der Waals surface area contributed by atoms with Crippen molar-refractivity contribution in [1.82, 2.24) is 9.97 Å². The molecule has 5 heteroatoms. The Bertz CT molecular complexity index is 410. The Kier molecular flexibility index (Phi) is 4.96. The van der Waals surface area contributed by atoms with Crippen molar-refractivity contribution in [1.29, 1.82) is 0 Å². The number of hydrogen-bond acceptors (Lipinski definition) is 5. The Labute approximate surface area is 115 Å². The van der Waals surface area contributed by atoms with Crippen LogP contribution in [0.3, 0.4) is 0 Å². The fourth-order valence-corrected chi connectivity index (χ4v) is 2.59. The second-order valence-electron chi connectivity index (χ2n) is 5.23. The second-order valence-corrected chi connectivity index (χ2v) is 5.23. The maximum Gasteiger partial charge on any atom is 0.137 e. The molecule has 106 valence electrons. The van der Waals surface area contributed by atoms with E-state index >= 15 is 0 Å². The summed E-state index contributed by atoms with van der Waals surface area (Å²) in [4.78, 5) is 11.0. The van der Waals surface area contributed by atoms with Crippen LogP contribution in [0.1, 0.15) is 31.7 Å². The predicted octanol–water partition coefficient (Wildman–Crippen LogP) is 1.82. The first-order valence-corrected chi connectivity index (χ1v) is 7.17. The van der Waals surface area contributed by atoms with Crippen LogP contribution >= 0.6 is 0 Å². The smallest absolute Gasteiger partial charge is 0.137 e. The van der Waals surface area contributed by atoms with Gasteiger partial charge in [0, 0.05) is 31.8 Å². The van der Waals surface area contributed by atoms with Gasteiger partial charge in [-0.1, -0.05) is 6.92 Å². The van der Waals surface area contributed by atoms with Crippen LogP contribution in [0.15, 0.2) is 6.33 Å². The van der Waals surface area contributed by atoms with Crippen LogP contribution in [0.4, 0.5) is 11.6 Å². The molecule has 1 aliphatic heterocycles. The highest BCUT2D eigenvalue weighted by Crippen LogP contribution is 2.26. The van der Waals surface area contributed by atoms with Gasteiger partial charge in [-0.2, -0.15) is 0 Å². The second kappa shape index (κ2) is 6.70. The van der Waals surface area contributed by atoms with E-state index in [4.69, 9.17) is 0 Å². The zero-order chi connectivity index (χ0) is 13.7. The summed E-state index contributed by atoms with van der Waals surface area (Å²) >= 11 is 0. The van der Waals surface area contributed by atoms with Gasteiger partial charge in [-0.05, 0) is 32.1 Å². The van der Waals surface area contributed by atoms with E-state index in [2.05, 4.69) is 34.0 Å². The molecule has 1 atom stereocenters. The zero-order valence-corrected chi connectivity index (χ0v) is 11.9. The predicted molar refractivity (Wildman–Crippen MR) is 77.6 cm³/mol. The highest BCUT2D eigenvalue weighted by atomic mass is 16.3. The number of nitrogens with one attached hydrogen (secondary N) is 1. The highest BCUT2D eigenvalue weighted by Gasteiger charge is 2.22. The fourth-order valence-electron chi connectivity index (χ4n) is 2.59. The molecule has 19 heavy (non-hydrogen) atoms. The topological polar surface area (TPSA) is 61.3 Å². The van der Waals surface area contributed by atoms with Crippen molar-refractivity contribution in [2.24, 2.45) is 5.92 Å². The molecule has 1 aromatic heterocycles. The number of anilines is 2. The quantitative estimate of drug-likeness (QED) is 0.849.